The number of rotatable bonds is 5. The van der Waals surface area contributed by atoms with E-state index < -0.39 is 0 Å². The minimum Gasteiger partial charge on any atom is -0.457 e. The minimum atomic E-state index is 0.566. The van der Waals surface area contributed by atoms with Crippen LogP contribution in [0.1, 0.15) is 34.2 Å². The van der Waals surface area contributed by atoms with Crippen molar-refractivity contribution in [3.05, 3.63) is 58.1 Å². The van der Waals surface area contributed by atoms with E-state index in [2.05, 4.69) is 45.9 Å². The lowest BCUT2D eigenvalue weighted by Crippen LogP contribution is -1.95. The zero-order chi connectivity index (χ0) is 15.4. The summed E-state index contributed by atoms with van der Waals surface area (Å²) >= 11 is 0. The van der Waals surface area contributed by atoms with Gasteiger partial charge < -0.3 is 9.53 Å². The summed E-state index contributed by atoms with van der Waals surface area (Å²) in [6.07, 6.45) is 2.32. The first-order valence-electron chi connectivity index (χ1n) is 7.29. The molecule has 0 aromatic heterocycles. The molecule has 0 N–H and O–H groups in total. The fraction of sp³-hybridized carbons (Fsp3) is 0.316. The van der Waals surface area contributed by atoms with Gasteiger partial charge in [0.25, 0.3) is 0 Å². The van der Waals surface area contributed by atoms with Gasteiger partial charge in [-0.15, -0.1) is 0 Å². The lowest BCUT2D eigenvalue weighted by atomic mass is 10.0. The maximum atomic E-state index is 10.5. The Morgan fingerprint density at radius 3 is 2.00 bits per heavy atom. The fourth-order valence-corrected chi connectivity index (χ4v) is 2.68. The van der Waals surface area contributed by atoms with Crippen molar-refractivity contribution in [3.8, 4) is 11.5 Å². The number of aryl methyl sites for hydroxylation is 5. The van der Waals surface area contributed by atoms with Crippen molar-refractivity contribution in [2.24, 2.45) is 0 Å². The van der Waals surface area contributed by atoms with Crippen LogP contribution in [0.5, 0.6) is 11.5 Å². The maximum absolute atomic E-state index is 10.5. The quantitative estimate of drug-likeness (QED) is 0.733. The van der Waals surface area contributed by atoms with Gasteiger partial charge in [0.2, 0.25) is 0 Å². The third-order valence-corrected chi connectivity index (χ3v) is 3.49. The van der Waals surface area contributed by atoms with E-state index in [0.717, 1.165) is 35.3 Å². The lowest BCUT2D eigenvalue weighted by Gasteiger charge is -2.14. The third kappa shape index (κ3) is 3.94. The Morgan fingerprint density at radius 2 is 1.48 bits per heavy atom. The van der Waals surface area contributed by atoms with Crippen molar-refractivity contribution >= 4 is 6.29 Å². The molecular weight excluding hydrogens is 260 g/mol. The summed E-state index contributed by atoms with van der Waals surface area (Å²) in [5, 5.41) is 0. The number of aldehydes is 1. The van der Waals surface area contributed by atoms with Gasteiger partial charge in [-0.1, -0.05) is 18.2 Å². The molecule has 0 unspecified atom stereocenters. The number of hydrogen-bond donors (Lipinski definition) is 0. The molecule has 0 atom stereocenters. The Hall–Kier alpha value is -2.09. The molecule has 0 aliphatic heterocycles. The van der Waals surface area contributed by atoms with E-state index in [1.165, 1.54) is 16.7 Å². The molecule has 0 aliphatic carbocycles. The molecule has 2 aromatic carbocycles. The molecule has 0 saturated carbocycles. The number of ether oxygens (including phenoxy) is 1. The molecule has 110 valence electrons. The maximum Gasteiger partial charge on any atom is 0.133 e. The zero-order valence-electron chi connectivity index (χ0n) is 13.2. The van der Waals surface area contributed by atoms with E-state index in [1.807, 2.05) is 12.1 Å². The molecule has 2 nitrogen and oxygen atoms in total. The summed E-state index contributed by atoms with van der Waals surface area (Å²) in [6.45, 7) is 8.25. The second-order valence-electron chi connectivity index (χ2n) is 5.69. The molecule has 2 heteroatoms. The van der Waals surface area contributed by atoms with Gasteiger partial charge in [0.1, 0.15) is 17.8 Å². The van der Waals surface area contributed by atoms with Crippen LogP contribution >= 0.6 is 0 Å². The summed E-state index contributed by atoms with van der Waals surface area (Å²) in [4.78, 5) is 10.5. The largest absolute Gasteiger partial charge is 0.457 e. The predicted molar refractivity (Wildman–Crippen MR) is 86.3 cm³/mol. The van der Waals surface area contributed by atoms with Gasteiger partial charge in [-0.25, -0.2) is 0 Å². The first kappa shape index (κ1) is 15.3. The topological polar surface area (TPSA) is 26.3 Å². The van der Waals surface area contributed by atoms with Crippen molar-refractivity contribution in [3.63, 3.8) is 0 Å². The van der Waals surface area contributed by atoms with Gasteiger partial charge >= 0.3 is 0 Å². The van der Waals surface area contributed by atoms with Crippen LogP contribution in [-0.2, 0) is 11.2 Å². The Balaban J connectivity index is 2.29. The van der Waals surface area contributed by atoms with Crippen LogP contribution in [0.3, 0.4) is 0 Å². The highest BCUT2D eigenvalue weighted by molar-refractivity contribution is 5.51. The molecule has 21 heavy (non-hydrogen) atoms. The first-order valence-corrected chi connectivity index (χ1v) is 7.29. The van der Waals surface area contributed by atoms with Crippen LogP contribution in [0, 0.1) is 27.7 Å². The zero-order valence-corrected chi connectivity index (χ0v) is 13.2. The highest BCUT2D eigenvalue weighted by Crippen LogP contribution is 2.31. The van der Waals surface area contributed by atoms with Crippen LogP contribution in [0.4, 0.5) is 0 Å². The first-order chi connectivity index (χ1) is 9.99. The predicted octanol–water partition coefficient (Wildman–Crippen LogP) is 4.84. The van der Waals surface area contributed by atoms with Gasteiger partial charge in [0, 0.05) is 6.42 Å². The SMILES string of the molecule is Cc1cc(C)cc(Oc2c(C)cc(CCC=O)cc2C)c1. The Morgan fingerprint density at radius 1 is 0.905 bits per heavy atom. The molecule has 0 radical (unpaired) electrons. The van der Waals surface area contributed by atoms with Gasteiger partial charge in [0.15, 0.2) is 0 Å². The van der Waals surface area contributed by atoms with E-state index in [-0.39, 0.29) is 0 Å². The third-order valence-electron chi connectivity index (χ3n) is 3.49. The molecule has 0 fully saturated rings. The lowest BCUT2D eigenvalue weighted by molar-refractivity contribution is -0.107. The molecule has 2 aromatic rings. The number of benzene rings is 2. The normalized spacial score (nSPS) is 10.5. The summed E-state index contributed by atoms with van der Waals surface area (Å²) in [5.41, 5.74) is 5.79. The monoisotopic (exact) mass is 282 g/mol. The summed E-state index contributed by atoms with van der Waals surface area (Å²) < 4.78 is 6.09. The van der Waals surface area contributed by atoms with E-state index in [1.54, 1.807) is 0 Å². The number of carbonyl (C=O) groups is 1. The van der Waals surface area contributed by atoms with Crippen LogP contribution in [0.15, 0.2) is 30.3 Å². The van der Waals surface area contributed by atoms with Crippen molar-refractivity contribution in [1.29, 1.82) is 0 Å². The summed E-state index contributed by atoms with van der Waals surface area (Å²) in [7, 11) is 0. The Labute approximate surface area is 126 Å². The molecule has 0 saturated heterocycles. The minimum absolute atomic E-state index is 0.566. The Bertz CT molecular complexity index is 613. The molecule has 0 aliphatic rings. The van der Waals surface area contributed by atoms with Crippen LogP contribution in [0.25, 0.3) is 0 Å². The summed E-state index contributed by atoms with van der Waals surface area (Å²) in [6, 6.07) is 10.4. The molecule has 2 rings (SSSR count). The van der Waals surface area contributed by atoms with Crippen molar-refractivity contribution in [2.75, 3.05) is 0 Å². The van der Waals surface area contributed by atoms with Crippen LogP contribution < -0.4 is 4.74 Å². The van der Waals surface area contributed by atoms with Gasteiger partial charge in [-0.05, 0) is 74.1 Å². The standard InChI is InChI=1S/C19H22O2/c1-13-8-14(2)10-18(9-13)21-19-15(3)11-17(6-5-7-20)12-16(19)4/h7-12H,5-6H2,1-4H3. The van der Waals surface area contributed by atoms with Gasteiger partial charge in [-0.2, -0.15) is 0 Å². The van der Waals surface area contributed by atoms with E-state index in [9.17, 15) is 4.79 Å². The average Bonchev–Trinajstić information content (AvgIpc) is 2.39. The highest BCUT2D eigenvalue weighted by Gasteiger charge is 2.08. The Kier molecular flexibility index (Phi) is 4.79. The summed E-state index contributed by atoms with van der Waals surface area (Å²) in [5.74, 6) is 1.79. The number of carbonyl (C=O) groups excluding carboxylic acids is 1. The molecule has 0 bridgehead atoms. The van der Waals surface area contributed by atoms with Crippen molar-refractivity contribution < 1.29 is 9.53 Å². The average molecular weight is 282 g/mol. The number of hydrogen-bond acceptors (Lipinski definition) is 2. The molecule has 0 spiro atoms. The van der Waals surface area contributed by atoms with Gasteiger partial charge in [0.05, 0.1) is 0 Å². The molecular formula is C19H22O2. The molecule has 0 heterocycles. The van der Waals surface area contributed by atoms with Gasteiger partial charge in [-0.3, -0.25) is 0 Å². The second kappa shape index (κ2) is 6.57. The smallest absolute Gasteiger partial charge is 0.133 e. The van der Waals surface area contributed by atoms with Crippen molar-refractivity contribution in [2.45, 2.75) is 40.5 Å². The van der Waals surface area contributed by atoms with E-state index >= 15 is 0 Å². The second-order valence-corrected chi connectivity index (χ2v) is 5.69. The van der Waals surface area contributed by atoms with E-state index in [0.29, 0.717) is 6.42 Å². The highest BCUT2D eigenvalue weighted by atomic mass is 16.5. The van der Waals surface area contributed by atoms with Crippen LogP contribution in [-0.4, -0.2) is 6.29 Å². The van der Waals surface area contributed by atoms with Crippen LogP contribution in [0.2, 0.25) is 0 Å². The van der Waals surface area contributed by atoms with Crippen molar-refractivity contribution in [1.82, 2.24) is 0 Å². The van der Waals surface area contributed by atoms with E-state index in [4.69, 9.17) is 4.74 Å². The molecule has 0 amide bonds. The fourth-order valence-electron chi connectivity index (χ4n) is 2.68.